The van der Waals surface area contributed by atoms with Crippen molar-refractivity contribution in [2.45, 2.75) is 57.7 Å². The Morgan fingerprint density at radius 2 is 1.92 bits per heavy atom. The van der Waals surface area contributed by atoms with Gasteiger partial charge in [0, 0.05) is 18.5 Å². The predicted octanol–water partition coefficient (Wildman–Crippen LogP) is 3.27. The molecule has 0 radical (unpaired) electrons. The molecule has 0 saturated carbocycles. The molecule has 0 aliphatic carbocycles. The number of carbonyl (C=O) groups is 1. The maximum Gasteiger partial charge on any atom is 0.344 e. The van der Waals surface area contributed by atoms with E-state index in [1.54, 1.807) is 25.1 Å². The molecule has 0 amide bonds. The molecule has 208 valence electrons. The summed E-state index contributed by atoms with van der Waals surface area (Å²) in [5.74, 6) is -5.35. The Morgan fingerprint density at radius 3 is 2.54 bits per heavy atom. The van der Waals surface area contributed by atoms with Gasteiger partial charge in [0.1, 0.15) is 11.9 Å². The Kier molecular flexibility index (Phi) is 11.7. The first-order chi connectivity index (χ1) is 16.3. The monoisotopic (exact) mass is 587 g/mol. The Balaban J connectivity index is 0.00000342. The molecule has 14 heteroatoms. The number of benzene rings is 1. The minimum atomic E-state index is -3.90. The second-order valence-electron chi connectivity index (χ2n) is 8.53. The number of nitrogens with one attached hydrogen (secondary N) is 2. The smallest absolute Gasteiger partial charge is 0.344 e. The van der Waals surface area contributed by atoms with E-state index in [0.717, 1.165) is 5.56 Å². The summed E-state index contributed by atoms with van der Waals surface area (Å²) in [6.07, 6.45) is -1.21. The molecule has 37 heavy (non-hydrogen) atoms. The van der Waals surface area contributed by atoms with Gasteiger partial charge < -0.3 is 15.2 Å². The first-order valence-electron chi connectivity index (χ1n) is 11.1. The highest BCUT2D eigenvalue weighted by Gasteiger charge is 2.51. The molecule has 1 aromatic carbocycles. The average Bonchev–Trinajstić information content (AvgIpc) is 3.06. The van der Waals surface area contributed by atoms with E-state index >= 15 is 4.39 Å². The van der Waals surface area contributed by atoms with Crippen LogP contribution in [0.4, 0.5) is 13.2 Å². The minimum absolute atomic E-state index is 0. The molecule has 2 aromatic rings. The van der Waals surface area contributed by atoms with E-state index in [4.69, 9.17) is 9.84 Å². The number of sulfonamides is 1. The molecule has 1 aromatic heterocycles. The van der Waals surface area contributed by atoms with Gasteiger partial charge in [0.05, 0.1) is 18.0 Å². The van der Waals surface area contributed by atoms with Gasteiger partial charge in [-0.05, 0) is 43.9 Å². The molecule has 0 unspecified atom stereocenters. The fourth-order valence-corrected chi connectivity index (χ4v) is 4.69. The summed E-state index contributed by atoms with van der Waals surface area (Å²) in [5.41, 5.74) is 1.62. The van der Waals surface area contributed by atoms with Crippen molar-refractivity contribution in [1.82, 2.24) is 15.0 Å². The van der Waals surface area contributed by atoms with Crippen molar-refractivity contribution < 1.29 is 36.2 Å². The van der Waals surface area contributed by atoms with E-state index in [2.05, 4.69) is 10.3 Å². The lowest BCUT2D eigenvalue weighted by atomic mass is 9.96. The summed E-state index contributed by atoms with van der Waals surface area (Å²) >= 11 is 0. The third-order valence-electron chi connectivity index (χ3n) is 5.92. The van der Waals surface area contributed by atoms with E-state index in [0.29, 0.717) is 5.69 Å². The first-order valence-corrected chi connectivity index (χ1v) is 12.7. The van der Waals surface area contributed by atoms with Crippen LogP contribution in [0.25, 0.3) is 0 Å². The van der Waals surface area contributed by atoms with Crippen LogP contribution in [0.15, 0.2) is 30.3 Å². The average molecular weight is 588 g/mol. The summed E-state index contributed by atoms with van der Waals surface area (Å²) in [4.78, 5) is 15.3. The fraction of sp³-hybridized carbons (Fsp3) is 0.478. The zero-order valence-corrected chi connectivity index (χ0v) is 22.8. The molecular formula is C23H30Cl2F3N3O5S. The van der Waals surface area contributed by atoms with Crippen molar-refractivity contribution in [1.29, 1.82) is 0 Å². The van der Waals surface area contributed by atoms with Gasteiger partial charge in [0.25, 0.3) is 5.92 Å². The van der Waals surface area contributed by atoms with Gasteiger partial charge in [-0.1, -0.05) is 24.3 Å². The largest absolute Gasteiger partial charge is 0.479 e. The SMILES string of the molecule is CCS(=O)(=O)N[C@@H]1[C@H](Cc2cccc(Cc3nc(O[C@@H](C)C(=O)O)ccc3C)c2F)NCC1(F)F.Cl.Cl. The Bertz CT molecular complexity index is 1200. The maximum atomic E-state index is 15.4. The van der Waals surface area contributed by atoms with Crippen molar-refractivity contribution in [2.75, 3.05) is 12.3 Å². The van der Waals surface area contributed by atoms with Crippen molar-refractivity contribution in [3.63, 3.8) is 0 Å². The van der Waals surface area contributed by atoms with Crippen LogP contribution in [-0.4, -0.2) is 60.9 Å². The highest BCUT2D eigenvalue weighted by Crippen LogP contribution is 2.30. The van der Waals surface area contributed by atoms with Crippen molar-refractivity contribution in [3.8, 4) is 5.88 Å². The molecule has 3 N–H and O–H groups in total. The van der Waals surface area contributed by atoms with Gasteiger partial charge in [-0.3, -0.25) is 0 Å². The van der Waals surface area contributed by atoms with Crippen molar-refractivity contribution in [3.05, 3.63) is 58.5 Å². The summed E-state index contributed by atoms with van der Waals surface area (Å²) < 4.78 is 75.4. The number of aryl methyl sites for hydroxylation is 1. The molecular weight excluding hydrogens is 558 g/mol. The lowest BCUT2D eigenvalue weighted by Gasteiger charge is -2.24. The quantitative estimate of drug-likeness (QED) is 0.390. The fourth-order valence-electron chi connectivity index (χ4n) is 3.80. The number of pyridine rings is 1. The number of nitrogens with zero attached hydrogens (tertiary/aromatic N) is 1. The van der Waals surface area contributed by atoms with Crippen LogP contribution in [0.3, 0.4) is 0 Å². The van der Waals surface area contributed by atoms with Gasteiger partial charge >= 0.3 is 5.97 Å². The van der Waals surface area contributed by atoms with Crippen LogP contribution < -0.4 is 14.8 Å². The van der Waals surface area contributed by atoms with E-state index in [1.165, 1.54) is 26.0 Å². The van der Waals surface area contributed by atoms with Gasteiger partial charge in [0.15, 0.2) is 6.10 Å². The van der Waals surface area contributed by atoms with Gasteiger partial charge in [-0.15, -0.1) is 24.8 Å². The Hall–Kier alpha value is -2.12. The zero-order valence-electron chi connectivity index (χ0n) is 20.3. The lowest BCUT2D eigenvalue weighted by molar-refractivity contribution is -0.144. The number of hydrogen-bond donors (Lipinski definition) is 3. The topological polar surface area (TPSA) is 118 Å². The molecule has 8 nitrogen and oxygen atoms in total. The number of aliphatic carboxylic acids is 1. The first kappa shape index (κ1) is 32.9. The summed E-state index contributed by atoms with van der Waals surface area (Å²) in [6.45, 7) is 3.75. The van der Waals surface area contributed by atoms with Crippen LogP contribution in [0.2, 0.25) is 0 Å². The summed E-state index contributed by atoms with van der Waals surface area (Å²) in [5, 5.41) is 11.6. The Labute approximate surface area is 226 Å². The summed E-state index contributed by atoms with van der Waals surface area (Å²) in [6, 6.07) is 5.10. The number of halogens is 5. The molecule has 1 saturated heterocycles. The number of rotatable bonds is 10. The van der Waals surface area contributed by atoms with Gasteiger partial charge in [0.2, 0.25) is 15.9 Å². The molecule has 0 spiro atoms. The van der Waals surface area contributed by atoms with Gasteiger partial charge in [-0.2, -0.15) is 0 Å². The molecule has 3 rings (SSSR count). The zero-order chi connectivity index (χ0) is 26.0. The molecule has 1 aliphatic rings. The van der Waals surface area contributed by atoms with Crippen LogP contribution >= 0.6 is 24.8 Å². The molecule has 2 heterocycles. The third kappa shape index (κ3) is 8.18. The number of ether oxygens (including phenoxy) is 1. The number of carboxylic acids is 1. The van der Waals surface area contributed by atoms with Crippen LogP contribution in [-0.2, 0) is 27.7 Å². The highest BCUT2D eigenvalue weighted by atomic mass is 35.5. The molecule has 1 aliphatic heterocycles. The van der Waals surface area contributed by atoms with Crippen LogP contribution in [0.1, 0.15) is 36.2 Å². The second kappa shape index (κ2) is 13.1. The van der Waals surface area contributed by atoms with Gasteiger partial charge in [-0.25, -0.2) is 36.1 Å². The molecule has 1 fully saturated rings. The summed E-state index contributed by atoms with van der Waals surface area (Å²) in [7, 11) is -3.90. The standard InChI is InChI=1S/C23H28F3N3O5S.2ClH/c1-4-35(32,33)29-21-18(27-12-23(21,25)26)11-16-7-5-6-15(20(16)24)10-17-13(2)8-9-19(28-17)34-14(3)22(30)31;;/h5-9,14,18,21,27,29H,4,10-12H2,1-3H3,(H,30,31);2*1H/t14-,18-,21+;;/m0../s1. The number of carboxylic acid groups (broad SMARTS) is 1. The molecule has 3 atom stereocenters. The number of hydrogen-bond acceptors (Lipinski definition) is 6. The lowest BCUT2D eigenvalue weighted by Crippen LogP contribution is -2.51. The normalized spacial score (nSPS) is 19.4. The van der Waals surface area contributed by atoms with Crippen LogP contribution in [0, 0.1) is 12.7 Å². The second-order valence-corrected chi connectivity index (χ2v) is 10.6. The van der Waals surface area contributed by atoms with Crippen molar-refractivity contribution in [2.24, 2.45) is 0 Å². The highest BCUT2D eigenvalue weighted by molar-refractivity contribution is 7.89. The van der Waals surface area contributed by atoms with E-state index in [1.807, 2.05) is 4.72 Å². The van der Waals surface area contributed by atoms with E-state index < -0.39 is 52.5 Å². The number of alkyl halides is 2. The Morgan fingerprint density at radius 1 is 1.27 bits per heavy atom. The maximum absolute atomic E-state index is 15.4. The van der Waals surface area contributed by atoms with Crippen LogP contribution in [0.5, 0.6) is 5.88 Å². The number of aromatic nitrogens is 1. The van der Waals surface area contributed by atoms with E-state index in [-0.39, 0.29) is 60.4 Å². The third-order valence-corrected chi connectivity index (χ3v) is 7.29. The predicted molar refractivity (Wildman–Crippen MR) is 137 cm³/mol. The molecule has 0 bridgehead atoms. The minimum Gasteiger partial charge on any atom is -0.479 e. The van der Waals surface area contributed by atoms with E-state index in [9.17, 15) is 22.0 Å². The van der Waals surface area contributed by atoms with Crippen molar-refractivity contribution >= 4 is 40.8 Å².